The van der Waals surface area contributed by atoms with Gasteiger partial charge in [-0.2, -0.15) is 0 Å². The number of carbonyl (C=O) groups excluding carboxylic acids is 2. The second-order valence-electron chi connectivity index (χ2n) is 6.45. The van der Waals surface area contributed by atoms with Gasteiger partial charge in [-0.3, -0.25) is 9.59 Å². The fourth-order valence-corrected chi connectivity index (χ4v) is 2.27. The molecule has 0 saturated carbocycles. The fourth-order valence-electron chi connectivity index (χ4n) is 2.27. The summed E-state index contributed by atoms with van der Waals surface area (Å²) in [5.41, 5.74) is -0.0443. The predicted octanol–water partition coefficient (Wildman–Crippen LogP) is 3.46. The smallest absolute Gasteiger partial charge is 0.306 e. The summed E-state index contributed by atoms with van der Waals surface area (Å²) in [6.07, 6.45) is 0.273. The normalized spacial score (nSPS) is 12.7. The number of nitrogens with zero attached hydrogens (tertiary/aromatic N) is 1. The second-order valence-corrected chi connectivity index (χ2v) is 6.45. The van der Waals surface area contributed by atoms with Crippen molar-refractivity contribution in [2.75, 3.05) is 14.2 Å². The maximum absolute atomic E-state index is 13.3. The Balaban J connectivity index is 2.78. The van der Waals surface area contributed by atoms with E-state index in [1.165, 1.54) is 18.1 Å². The third-order valence-corrected chi connectivity index (χ3v) is 3.88. The molecule has 0 fully saturated rings. The number of hydrogen-bond donors (Lipinski definition) is 0. The lowest BCUT2D eigenvalue weighted by molar-refractivity contribution is -0.144. The van der Waals surface area contributed by atoms with Crippen LogP contribution in [0, 0.1) is 17.0 Å². The van der Waals surface area contributed by atoms with Crippen molar-refractivity contribution in [1.29, 1.82) is 0 Å². The number of benzene rings is 1. The van der Waals surface area contributed by atoms with Crippen molar-refractivity contribution in [2.45, 2.75) is 39.7 Å². The van der Waals surface area contributed by atoms with Crippen LogP contribution in [0.25, 0.3) is 0 Å². The molecule has 0 aliphatic carbocycles. The molecule has 6 heteroatoms. The van der Waals surface area contributed by atoms with Gasteiger partial charge in [-0.05, 0) is 30.0 Å². The van der Waals surface area contributed by atoms with E-state index in [0.29, 0.717) is 5.56 Å². The summed E-state index contributed by atoms with van der Waals surface area (Å²) < 4.78 is 31.0. The highest BCUT2D eigenvalue weighted by atomic mass is 19.2. The highest BCUT2D eigenvalue weighted by molar-refractivity contribution is 5.78. The van der Waals surface area contributed by atoms with E-state index in [2.05, 4.69) is 4.74 Å². The van der Waals surface area contributed by atoms with Gasteiger partial charge in [0.15, 0.2) is 11.6 Å². The van der Waals surface area contributed by atoms with Crippen LogP contribution < -0.4 is 0 Å². The number of amides is 1. The zero-order valence-electron chi connectivity index (χ0n) is 14.2. The van der Waals surface area contributed by atoms with E-state index < -0.39 is 23.1 Å². The second kappa shape index (κ2) is 7.53. The first-order valence-corrected chi connectivity index (χ1v) is 7.35. The lowest BCUT2D eigenvalue weighted by Crippen LogP contribution is -2.34. The number of ether oxygens (including phenoxy) is 1. The summed E-state index contributed by atoms with van der Waals surface area (Å²) >= 11 is 0. The highest BCUT2D eigenvalue weighted by Gasteiger charge is 2.29. The minimum atomic E-state index is -0.943. The lowest BCUT2D eigenvalue weighted by atomic mass is 9.85. The Morgan fingerprint density at radius 3 is 2.35 bits per heavy atom. The van der Waals surface area contributed by atoms with E-state index in [4.69, 9.17) is 0 Å². The molecule has 128 valence electrons. The van der Waals surface area contributed by atoms with Gasteiger partial charge in [0.2, 0.25) is 5.91 Å². The van der Waals surface area contributed by atoms with Crippen LogP contribution in [0.1, 0.15) is 45.2 Å². The van der Waals surface area contributed by atoms with E-state index in [0.717, 1.165) is 12.1 Å². The van der Waals surface area contributed by atoms with Crippen LogP contribution in [0.15, 0.2) is 18.2 Å². The van der Waals surface area contributed by atoms with Crippen LogP contribution in [0.5, 0.6) is 0 Å². The first-order valence-electron chi connectivity index (χ1n) is 7.35. The molecule has 1 amide bonds. The fraction of sp³-hybridized carbons (Fsp3) is 0.529. The van der Waals surface area contributed by atoms with Crippen molar-refractivity contribution in [3.8, 4) is 0 Å². The zero-order valence-corrected chi connectivity index (χ0v) is 14.2. The van der Waals surface area contributed by atoms with Gasteiger partial charge in [-0.25, -0.2) is 8.78 Å². The number of esters is 1. The van der Waals surface area contributed by atoms with Gasteiger partial charge in [0.25, 0.3) is 0 Å². The predicted molar refractivity (Wildman–Crippen MR) is 82.6 cm³/mol. The Kier molecular flexibility index (Phi) is 6.24. The van der Waals surface area contributed by atoms with Crippen molar-refractivity contribution in [3.63, 3.8) is 0 Å². The maximum Gasteiger partial charge on any atom is 0.306 e. The zero-order chi connectivity index (χ0) is 17.8. The number of methoxy groups -OCH3 is 1. The molecule has 1 rings (SSSR count). The molecule has 4 nitrogen and oxygen atoms in total. The number of hydrogen-bond acceptors (Lipinski definition) is 3. The highest BCUT2D eigenvalue weighted by Crippen LogP contribution is 2.29. The molecule has 0 aliphatic heterocycles. The van der Waals surface area contributed by atoms with Crippen molar-refractivity contribution in [2.24, 2.45) is 5.41 Å². The van der Waals surface area contributed by atoms with Crippen molar-refractivity contribution < 1.29 is 23.1 Å². The maximum atomic E-state index is 13.3. The number of carbonyl (C=O) groups is 2. The summed E-state index contributed by atoms with van der Waals surface area (Å²) in [4.78, 5) is 25.2. The molecule has 0 N–H and O–H groups in total. The van der Waals surface area contributed by atoms with Gasteiger partial charge in [-0.1, -0.05) is 19.9 Å². The van der Waals surface area contributed by atoms with Crippen molar-refractivity contribution in [1.82, 2.24) is 4.90 Å². The molecular formula is C17H23F2NO3. The summed E-state index contributed by atoms with van der Waals surface area (Å²) in [6, 6.07) is 3.17. The van der Waals surface area contributed by atoms with Gasteiger partial charge < -0.3 is 9.64 Å². The quantitative estimate of drug-likeness (QED) is 0.752. The molecule has 0 spiro atoms. The Bertz CT molecular complexity index is 587. The average Bonchev–Trinajstić information content (AvgIpc) is 2.47. The standard InChI is InChI=1S/C17H23F2NO3/c1-11(12-6-7-13(18)14(19)8-12)20(4)15(21)9-17(2,3)10-16(22)23-5/h6-8,11H,9-10H2,1-5H3/t11-/m0/s1. The average molecular weight is 327 g/mol. The summed E-state index contributed by atoms with van der Waals surface area (Å²) in [6.45, 7) is 5.34. The van der Waals surface area contributed by atoms with E-state index in [1.54, 1.807) is 27.8 Å². The van der Waals surface area contributed by atoms with E-state index in [9.17, 15) is 18.4 Å². The Morgan fingerprint density at radius 1 is 1.22 bits per heavy atom. The van der Waals surface area contributed by atoms with Gasteiger partial charge >= 0.3 is 5.97 Å². The van der Waals surface area contributed by atoms with Crippen LogP contribution in [0.2, 0.25) is 0 Å². The van der Waals surface area contributed by atoms with Gasteiger partial charge in [0.1, 0.15) is 0 Å². The van der Waals surface area contributed by atoms with E-state index >= 15 is 0 Å². The largest absolute Gasteiger partial charge is 0.469 e. The van der Waals surface area contributed by atoms with Crippen molar-refractivity contribution >= 4 is 11.9 Å². The van der Waals surface area contributed by atoms with Gasteiger partial charge in [-0.15, -0.1) is 0 Å². The van der Waals surface area contributed by atoms with Crippen LogP contribution in [0.3, 0.4) is 0 Å². The Labute approximate surface area is 135 Å². The molecule has 0 saturated heterocycles. The molecule has 0 aromatic heterocycles. The van der Waals surface area contributed by atoms with Crippen LogP contribution in [0.4, 0.5) is 8.78 Å². The molecule has 1 aromatic rings. The number of rotatable bonds is 6. The monoisotopic (exact) mass is 327 g/mol. The third kappa shape index (κ3) is 5.30. The summed E-state index contributed by atoms with van der Waals surface area (Å²) in [5.74, 6) is -2.43. The topological polar surface area (TPSA) is 46.6 Å². The molecule has 0 unspecified atom stereocenters. The third-order valence-electron chi connectivity index (χ3n) is 3.88. The summed E-state index contributed by atoms with van der Waals surface area (Å²) in [7, 11) is 2.90. The van der Waals surface area contributed by atoms with E-state index in [1.807, 2.05) is 0 Å². The molecule has 0 radical (unpaired) electrons. The number of halogens is 2. The molecule has 23 heavy (non-hydrogen) atoms. The van der Waals surface area contributed by atoms with Crippen LogP contribution in [-0.4, -0.2) is 30.9 Å². The van der Waals surface area contributed by atoms with Crippen molar-refractivity contribution in [3.05, 3.63) is 35.4 Å². The molecule has 0 aliphatic rings. The minimum absolute atomic E-state index is 0.128. The molecule has 1 atom stereocenters. The lowest BCUT2D eigenvalue weighted by Gasteiger charge is -2.30. The van der Waals surface area contributed by atoms with Gasteiger partial charge in [0.05, 0.1) is 19.6 Å². The first-order chi connectivity index (χ1) is 10.6. The molecule has 1 aromatic carbocycles. The molecule has 0 bridgehead atoms. The summed E-state index contributed by atoms with van der Waals surface area (Å²) in [5, 5.41) is 0. The van der Waals surface area contributed by atoms with E-state index in [-0.39, 0.29) is 24.7 Å². The van der Waals surface area contributed by atoms with Gasteiger partial charge in [0, 0.05) is 13.5 Å². The Morgan fingerprint density at radius 2 is 1.83 bits per heavy atom. The SMILES string of the molecule is COC(=O)CC(C)(C)CC(=O)N(C)[C@@H](C)c1ccc(F)c(F)c1. The Hall–Kier alpha value is -1.98. The van der Waals surface area contributed by atoms with Crippen LogP contribution >= 0.6 is 0 Å². The molecular weight excluding hydrogens is 304 g/mol. The minimum Gasteiger partial charge on any atom is -0.469 e. The first kappa shape index (κ1) is 19.1. The molecule has 0 heterocycles. The van der Waals surface area contributed by atoms with Crippen LogP contribution in [-0.2, 0) is 14.3 Å².